The molecule has 3 aromatic rings. The van der Waals surface area contributed by atoms with Gasteiger partial charge in [-0.25, -0.2) is 14.4 Å². The van der Waals surface area contributed by atoms with Gasteiger partial charge >= 0.3 is 0 Å². The number of aryl methyl sites for hydroxylation is 2. The van der Waals surface area contributed by atoms with Crippen LogP contribution in [0.15, 0.2) is 65.7 Å². The van der Waals surface area contributed by atoms with Crippen LogP contribution in [0, 0.1) is 19.7 Å². The third-order valence-corrected chi connectivity index (χ3v) is 6.69. The van der Waals surface area contributed by atoms with Crippen LogP contribution in [0.3, 0.4) is 0 Å². The van der Waals surface area contributed by atoms with Crippen molar-refractivity contribution in [2.24, 2.45) is 4.99 Å². The molecule has 0 unspecified atom stereocenters. The Morgan fingerprint density at radius 2 is 1.94 bits per heavy atom. The number of amides is 1. The van der Waals surface area contributed by atoms with Gasteiger partial charge in [-0.2, -0.15) is 0 Å². The van der Waals surface area contributed by atoms with Crippen molar-refractivity contribution in [1.29, 1.82) is 0 Å². The Morgan fingerprint density at radius 3 is 2.63 bits per heavy atom. The largest absolute Gasteiger partial charge is 0.342 e. The van der Waals surface area contributed by atoms with Crippen LogP contribution >= 0.6 is 0 Å². The highest BCUT2D eigenvalue weighted by atomic mass is 19.1. The maximum atomic E-state index is 13.6. The number of hydrogen-bond donors (Lipinski definition) is 0. The Labute approximate surface area is 205 Å². The van der Waals surface area contributed by atoms with Crippen molar-refractivity contribution in [3.8, 4) is 5.69 Å². The van der Waals surface area contributed by atoms with E-state index < -0.39 is 0 Å². The van der Waals surface area contributed by atoms with E-state index >= 15 is 0 Å². The molecule has 1 atom stereocenters. The molecule has 7 heteroatoms. The van der Waals surface area contributed by atoms with Crippen molar-refractivity contribution in [3.63, 3.8) is 0 Å². The molecule has 0 N–H and O–H groups in total. The van der Waals surface area contributed by atoms with E-state index in [2.05, 4.69) is 29.8 Å². The van der Waals surface area contributed by atoms with E-state index in [4.69, 9.17) is 4.99 Å². The monoisotopic (exact) mass is 471 g/mol. The Balaban J connectivity index is 1.48. The molecule has 0 radical (unpaired) electrons. The SMILES string of the molecule is CCCCN1CC[C@@H](c2ccc(F)cc2)N2C(=O)/C(=C/c3ccc(-n4cnc(C)c4)c(C)c3)N=C12. The van der Waals surface area contributed by atoms with Crippen LogP contribution < -0.4 is 0 Å². The van der Waals surface area contributed by atoms with Crippen molar-refractivity contribution >= 4 is 17.9 Å². The second kappa shape index (κ2) is 9.49. The summed E-state index contributed by atoms with van der Waals surface area (Å²) in [6.07, 6.45) is 8.56. The zero-order valence-corrected chi connectivity index (χ0v) is 20.4. The third-order valence-electron chi connectivity index (χ3n) is 6.69. The summed E-state index contributed by atoms with van der Waals surface area (Å²) >= 11 is 0. The van der Waals surface area contributed by atoms with Crippen LogP contribution in [0.25, 0.3) is 11.8 Å². The molecular weight excluding hydrogens is 441 g/mol. The summed E-state index contributed by atoms with van der Waals surface area (Å²) in [5.74, 6) is 0.320. The molecule has 0 saturated carbocycles. The fourth-order valence-corrected chi connectivity index (χ4v) is 4.86. The van der Waals surface area contributed by atoms with Crippen molar-refractivity contribution < 1.29 is 9.18 Å². The van der Waals surface area contributed by atoms with E-state index in [0.717, 1.165) is 60.4 Å². The first kappa shape index (κ1) is 23.0. The number of unbranched alkanes of at least 4 members (excludes halogenated alkanes) is 1. The first-order chi connectivity index (χ1) is 16.9. The summed E-state index contributed by atoms with van der Waals surface area (Å²) in [5, 5.41) is 0. The fourth-order valence-electron chi connectivity index (χ4n) is 4.86. The molecule has 35 heavy (non-hydrogen) atoms. The van der Waals surface area contributed by atoms with Gasteiger partial charge in [-0.3, -0.25) is 9.69 Å². The molecule has 1 amide bonds. The van der Waals surface area contributed by atoms with Crippen molar-refractivity contribution in [1.82, 2.24) is 19.4 Å². The lowest BCUT2D eigenvalue weighted by Gasteiger charge is -2.40. The van der Waals surface area contributed by atoms with Gasteiger partial charge in [0.1, 0.15) is 11.5 Å². The molecule has 2 aliphatic heterocycles. The summed E-state index contributed by atoms with van der Waals surface area (Å²) in [5.41, 5.74) is 5.38. The van der Waals surface area contributed by atoms with Crippen LogP contribution in [0.2, 0.25) is 0 Å². The minimum Gasteiger partial charge on any atom is -0.342 e. The standard InChI is InChI=1S/C28H30FN5O/c1-4-5-13-32-14-12-26(22-7-9-23(29)10-8-22)34-27(35)24(31-28(32)34)16-21-6-11-25(19(2)15-21)33-17-20(3)30-18-33/h6-11,15-18,26H,4-5,12-14H2,1-3H3/b24-16-/t26-/m0/s1. The number of carbonyl (C=O) groups is 1. The van der Waals surface area contributed by atoms with Gasteiger partial charge in [0.2, 0.25) is 5.96 Å². The average Bonchev–Trinajstić information content (AvgIpc) is 3.42. The maximum absolute atomic E-state index is 13.6. The lowest BCUT2D eigenvalue weighted by atomic mass is 9.99. The highest BCUT2D eigenvalue weighted by Crippen LogP contribution is 2.36. The molecule has 1 fully saturated rings. The smallest absolute Gasteiger partial charge is 0.279 e. The number of guanidine groups is 1. The molecule has 6 nitrogen and oxygen atoms in total. The van der Waals surface area contributed by atoms with E-state index in [9.17, 15) is 9.18 Å². The number of nitrogens with zero attached hydrogens (tertiary/aromatic N) is 5. The number of hydrogen-bond acceptors (Lipinski definition) is 4. The minimum atomic E-state index is -0.277. The van der Waals surface area contributed by atoms with E-state index in [1.54, 1.807) is 23.4 Å². The summed E-state index contributed by atoms with van der Waals surface area (Å²) < 4.78 is 15.6. The van der Waals surface area contributed by atoms with E-state index in [1.807, 2.05) is 35.9 Å². The molecule has 5 rings (SSSR count). The van der Waals surface area contributed by atoms with Crippen LogP contribution in [0.1, 0.15) is 54.6 Å². The number of fused-ring (bicyclic) bond motifs is 1. The number of aromatic nitrogens is 2. The predicted octanol–water partition coefficient (Wildman–Crippen LogP) is 5.41. The lowest BCUT2D eigenvalue weighted by Crippen LogP contribution is -2.51. The third kappa shape index (κ3) is 4.50. The van der Waals surface area contributed by atoms with Crippen molar-refractivity contribution in [2.45, 2.75) is 46.1 Å². The van der Waals surface area contributed by atoms with Gasteiger partial charge in [0.25, 0.3) is 5.91 Å². The Kier molecular flexibility index (Phi) is 6.24. The number of imidazole rings is 1. The van der Waals surface area contributed by atoms with Crippen LogP contribution in [0.5, 0.6) is 0 Å². The van der Waals surface area contributed by atoms with Crippen LogP contribution in [-0.2, 0) is 4.79 Å². The fraction of sp³-hybridized carbons (Fsp3) is 0.321. The Bertz CT molecular complexity index is 1310. The normalized spacial score (nSPS) is 18.9. The molecule has 0 spiro atoms. The number of aliphatic imine (C=N–C) groups is 1. The molecular formula is C28H30FN5O. The molecule has 180 valence electrons. The highest BCUT2D eigenvalue weighted by molar-refractivity contribution is 6.14. The van der Waals surface area contributed by atoms with Gasteiger partial charge < -0.3 is 9.47 Å². The number of rotatable bonds is 6. The molecule has 0 bridgehead atoms. The van der Waals surface area contributed by atoms with Gasteiger partial charge in [-0.1, -0.05) is 31.5 Å². The number of halogens is 1. The van der Waals surface area contributed by atoms with Gasteiger partial charge in [0, 0.05) is 25.0 Å². The Hall–Kier alpha value is -3.74. The van der Waals surface area contributed by atoms with Gasteiger partial charge in [0.15, 0.2) is 0 Å². The molecule has 3 heterocycles. The highest BCUT2D eigenvalue weighted by Gasteiger charge is 2.42. The lowest BCUT2D eigenvalue weighted by molar-refractivity contribution is -0.125. The summed E-state index contributed by atoms with van der Waals surface area (Å²) in [6.45, 7) is 7.85. The second-order valence-corrected chi connectivity index (χ2v) is 9.28. The van der Waals surface area contributed by atoms with E-state index in [0.29, 0.717) is 11.7 Å². The molecule has 0 aliphatic carbocycles. The van der Waals surface area contributed by atoms with Crippen molar-refractivity contribution in [2.75, 3.05) is 13.1 Å². The molecule has 2 aliphatic rings. The van der Waals surface area contributed by atoms with E-state index in [1.165, 1.54) is 12.1 Å². The summed E-state index contributed by atoms with van der Waals surface area (Å²) in [4.78, 5) is 26.8. The molecule has 1 aromatic heterocycles. The first-order valence-corrected chi connectivity index (χ1v) is 12.2. The zero-order valence-electron chi connectivity index (χ0n) is 20.4. The Morgan fingerprint density at radius 1 is 1.14 bits per heavy atom. The average molecular weight is 472 g/mol. The summed E-state index contributed by atoms with van der Waals surface area (Å²) in [7, 11) is 0. The van der Waals surface area contributed by atoms with Gasteiger partial charge in [-0.05, 0) is 73.7 Å². The zero-order chi connectivity index (χ0) is 24.5. The first-order valence-electron chi connectivity index (χ1n) is 12.2. The maximum Gasteiger partial charge on any atom is 0.279 e. The van der Waals surface area contributed by atoms with Crippen molar-refractivity contribution in [3.05, 3.63) is 88.9 Å². The number of carbonyl (C=O) groups excluding carboxylic acids is 1. The molecule has 1 saturated heterocycles. The van der Waals surface area contributed by atoms with Gasteiger partial charge in [0.05, 0.1) is 18.1 Å². The minimum absolute atomic E-state index is 0.109. The predicted molar refractivity (Wildman–Crippen MR) is 136 cm³/mol. The summed E-state index contributed by atoms with van der Waals surface area (Å²) in [6, 6.07) is 12.4. The van der Waals surface area contributed by atoms with Gasteiger partial charge in [-0.15, -0.1) is 0 Å². The van der Waals surface area contributed by atoms with Crippen LogP contribution in [0.4, 0.5) is 4.39 Å². The van der Waals surface area contributed by atoms with Crippen LogP contribution in [-0.4, -0.2) is 44.3 Å². The molecule has 2 aromatic carbocycles. The quantitative estimate of drug-likeness (QED) is 0.452. The number of benzene rings is 2. The van der Waals surface area contributed by atoms with E-state index in [-0.39, 0.29) is 17.8 Å². The topological polar surface area (TPSA) is 53.7 Å². The second-order valence-electron chi connectivity index (χ2n) is 9.28.